The van der Waals surface area contributed by atoms with Crippen molar-refractivity contribution in [1.82, 2.24) is 15.2 Å². The number of ether oxygens (including phenoxy) is 2. The third-order valence-corrected chi connectivity index (χ3v) is 6.29. The summed E-state index contributed by atoms with van der Waals surface area (Å²) in [5.41, 5.74) is 1.51. The van der Waals surface area contributed by atoms with Gasteiger partial charge in [0.25, 0.3) is 5.91 Å². The largest absolute Gasteiger partial charge is 0.486 e. The second-order valence-electron chi connectivity index (χ2n) is 6.99. The minimum absolute atomic E-state index is 0.0706. The number of thiazole rings is 1. The number of amides is 1. The van der Waals surface area contributed by atoms with E-state index in [9.17, 15) is 4.79 Å². The highest BCUT2D eigenvalue weighted by Crippen LogP contribution is 2.36. The Morgan fingerprint density at radius 3 is 2.92 bits per heavy atom. The Labute approximate surface area is 156 Å². The van der Waals surface area contributed by atoms with Gasteiger partial charge in [-0.3, -0.25) is 4.79 Å². The first-order valence-corrected chi connectivity index (χ1v) is 10.1. The van der Waals surface area contributed by atoms with Gasteiger partial charge >= 0.3 is 0 Å². The van der Waals surface area contributed by atoms with E-state index in [2.05, 4.69) is 15.2 Å². The van der Waals surface area contributed by atoms with Crippen LogP contribution in [0.3, 0.4) is 0 Å². The maximum absolute atomic E-state index is 13.1. The van der Waals surface area contributed by atoms with E-state index >= 15 is 0 Å². The summed E-state index contributed by atoms with van der Waals surface area (Å²) in [6.45, 7) is 3.02. The average molecular weight is 371 g/mol. The van der Waals surface area contributed by atoms with Gasteiger partial charge in [0.05, 0.1) is 0 Å². The molecule has 6 nitrogen and oxygen atoms in total. The quantitative estimate of drug-likeness (QED) is 0.879. The van der Waals surface area contributed by atoms with Crippen LogP contribution in [0.2, 0.25) is 0 Å². The zero-order valence-electron chi connectivity index (χ0n) is 14.4. The number of carbonyl (C=O) groups is 1. The molecule has 1 aromatic carbocycles. The van der Waals surface area contributed by atoms with E-state index in [-0.39, 0.29) is 5.91 Å². The Morgan fingerprint density at radius 2 is 2.00 bits per heavy atom. The van der Waals surface area contributed by atoms with Crippen LogP contribution in [0.5, 0.6) is 11.5 Å². The summed E-state index contributed by atoms with van der Waals surface area (Å²) in [4.78, 5) is 19.8. The lowest BCUT2D eigenvalue weighted by Crippen LogP contribution is -2.42. The van der Waals surface area contributed by atoms with Gasteiger partial charge in [-0.2, -0.15) is 0 Å². The number of rotatable bonds is 2. The van der Waals surface area contributed by atoms with Gasteiger partial charge < -0.3 is 19.7 Å². The summed E-state index contributed by atoms with van der Waals surface area (Å²) < 4.78 is 11.2. The first kappa shape index (κ1) is 16.1. The number of hydrogen-bond donors (Lipinski definition) is 1. The van der Waals surface area contributed by atoms with Gasteiger partial charge in [0.2, 0.25) is 0 Å². The highest BCUT2D eigenvalue weighted by atomic mass is 32.1. The summed E-state index contributed by atoms with van der Waals surface area (Å²) in [6, 6.07) is 6.48. The zero-order chi connectivity index (χ0) is 17.5. The number of fused-ring (bicyclic) bond motifs is 3. The summed E-state index contributed by atoms with van der Waals surface area (Å²) >= 11 is 1.50. The molecule has 0 spiro atoms. The molecule has 26 heavy (non-hydrogen) atoms. The summed E-state index contributed by atoms with van der Waals surface area (Å²) in [5, 5.41) is 6.16. The van der Waals surface area contributed by atoms with Crippen molar-refractivity contribution in [2.45, 2.75) is 31.3 Å². The van der Waals surface area contributed by atoms with Gasteiger partial charge in [0.1, 0.15) is 23.9 Å². The minimum atomic E-state index is 0.0706. The average Bonchev–Trinajstić information content (AvgIpc) is 3.25. The molecule has 4 heterocycles. The van der Waals surface area contributed by atoms with Crippen LogP contribution in [0, 0.1) is 0 Å². The van der Waals surface area contributed by atoms with Crippen molar-refractivity contribution in [3.8, 4) is 22.1 Å². The molecule has 1 N–H and O–H groups in total. The van der Waals surface area contributed by atoms with Gasteiger partial charge in [0, 0.05) is 29.6 Å². The number of aromatic nitrogens is 1. The van der Waals surface area contributed by atoms with Gasteiger partial charge in [-0.25, -0.2) is 4.98 Å². The molecule has 5 rings (SSSR count). The molecule has 2 fully saturated rings. The van der Waals surface area contributed by atoms with E-state index in [1.54, 1.807) is 0 Å². The molecule has 2 saturated heterocycles. The Hall–Kier alpha value is -2.12. The minimum Gasteiger partial charge on any atom is -0.486 e. The number of nitrogens with zero attached hydrogens (tertiary/aromatic N) is 2. The van der Waals surface area contributed by atoms with Crippen molar-refractivity contribution in [1.29, 1.82) is 0 Å². The van der Waals surface area contributed by atoms with Gasteiger partial charge in [-0.15, -0.1) is 11.3 Å². The smallest absolute Gasteiger partial charge is 0.273 e. The van der Waals surface area contributed by atoms with E-state index < -0.39 is 0 Å². The molecule has 2 bridgehead atoms. The summed E-state index contributed by atoms with van der Waals surface area (Å²) in [7, 11) is 0. The second kappa shape index (κ2) is 6.55. The maximum Gasteiger partial charge on any atom is 0.273 e. The molecule has 0 aliphatic carbocycles. The molecule has 0 radical (unpaired) electrons. The SMILES string of the molecule is O=C(c1csc(-c2ccc3c(c2)OCCO3)n1)N1C2CCNCC1CC2. The van der Waals surface area contributed by atoms with Crippen LogP contribution in [0.4, 0.5) is 0 Å². The van der Waals surface area contributed by atoms with Crippen LogP contribution >= 0.6 is 11.3 Å². The molecule has 1 amide bonds. The molecular weight excluding hydrogens is 350 g/mol. The highest BCUT2D eigenvalue weighted by Gasteiger charge is 2.39. The fourth-order valence-corrected chi connectivity index (χ4v) is 4.92. The van der Waals surface area contributed by atoms with E-state index in [1.165, 1.54) is 11.3 Å². The van der Waals surface area contributed by atoms with Crippen molar-refractivity contribution in [3.63, 3.8) is 0 Å². The zero-order valence-corrected chi connectivity index (χ0v) is 15.3. The Balaban J connectivity index is 1.41. The molecule has 0 saturated carbocycles. The fraction of sp³-hybridized carbons (Fsp3) is 0.474. The Bertz CT molecular complexity index is 823. The fourth-order valence-electron chi connectivity index (χ4n) is 4.13. The van der Waals surface area contributed by atoms with Crippen molar-refractivity contribution < 1.29 is 14.3 Å². The lowest BCUT2D eigenvalue weighted by molar-refractivity contribution is 0.0675. The molecule has 136 valence electrons. The first-order valence-electron chi connectivity index (χ1n) is 9.18. The normalized spacial score (nSPS) is 24.4. The van der Waals surface area contributed by atoms with Crippen LogP contribution in [-0.2, 0) is 0 Å². The van der Waals surface area contributed by atoms with Gasteiger partial charge in [-0.05, 0) is 44.0 Å². The van der Waals surface area contributed by atoms with Gasteiger partial charge in [-0.1, -0.05) is 0 Å². The number of carbonyl (C=O) groups excluding carboxylic acids is 1. The van der Waals surface area contributed by atoms with E-state index in [0.29, 0.717) is 31.0 Å². The van der Waals surface area contributed by atoms with Crippen LogP contribution in [0.15, 0.2) is 23.6 Å². The first-order chi connectivity index (χ1) is 12.8. The molecular formula is C19H21N3O3S. The van der Waals surface area contributed by atoms with Crippen LogP contribution in [0.25, 0.3) is 10.6 Å². The Morgan fingerprint density at radius 1 is 1.15 bits per heavy atom. The van der Waals surface area contributed by atoms with Crippen molar-refractivity contribution >= 4 is 17.2 Å². The van der Waals surface area contributed by atoms with Crippen LogP contribution in [-0.4, -0.2) is 54.2 Å². The van der Waals surface area contributed by atoms with Gasteiger partial charge in [0.15, 0.2) is 11.5 Å². The molecule has 2 aromatic rings. The molecule has 3 aliphatic heterocycles. The monoisotopic (exact) mass is 371 g/mol. The van der Waals surface area contributed by atoms with Crippen molar-refractivity contribution in [2.75, 3.05) is 26.3 Å². The molecule has 2 unspecified atom stereocenters. The van der Waals surface area contributed by atoms with Crippen molar-refractivity contribution in [2.24, 2.45) is 0 Å². The Kier molecular flexibility index (Phi) is 4.05. The summed E-state index contributed by atoms with van der Waals surface area (Å²) in [5.74, 6) is 1.58. The van der Waals surface area contributed by atoms with Crippen LogP contribution < -0.4 is 14.8 Å². The second-order valence-corrected chi connectivity index (χ2v) is 7.84. The molecule has 3 aliphatic rings. The lowest BCUT2D eigenvalue weighted by Gasteiger charge is -2.27. The topological polar surface area (TPSA) is 63.7 Å². The maximum atomic E-state index is 13.1. The third-order valence-electron chi connectivity index (χ3n) is 5.40. The standard InChI is InChI=1S/C19H21N3O3S/c23-19(22-13-2-3-14(22)10-20-6-5-13)15-11-26-18(21-15)12-1-4-16-17(9-12)25-8-7-24-16/h1,4,9,11,13-14,20H,2-3,5-8,10H2. The summed E-state index contributed by atoms with van der Waals surface area (Å²) in [6.07, 6.45) is 3.22. The predicted octanol–water partition coefficient (Wildman–Crippen LogP) is 2.55. The molecule has 2 atom stereocenters. The van der Waals surface area contributed by atoms with Crippen LogP contribution in [0.1, 0.15) is 29.8 Å². The van der Waals surface area contributed by atoms with Crippen molar-refractivity contribution in [3.05, 3.63) is 29.3 Å². The predicted molar refractivity (Wildman–Crippen MR) is 99.0 cm³/mol. The molecule has 1 aromatic heterocycles. The number of hydrogen-bond acceptors (Lipinski definition) is 6. The number of nitrogens with one attached hydrogen (secondary N) is 1. The lowest BCUT2D eigenvalue weighted by atomic mass is 10.1. The highest BCUT2D eigenvalue weighted by molar-refractivity contribution is 7.13. The van der Waals surface area contributed by atoms with E-state index in [1.807, 2.05) is 23.6 Å². The van der Waals surface area contributed by atoms with E-state index in [4.69, 9.17) is 9.47 Å². The number of benzene rings is 1. The van der Waals surface area contributed by atoms with E-state index in [0.717, 1.165) is 54.4 Å². The molecule has 7 heteroatoms. The third kappa shape index (κ3) is 2.75.